The fourth-order valence-corrected chi connectivity index (χ4v) is 1.41. The molecule has 0 aliphatic heterocycles. The van der Waals surface area contributed by atoms with Crippen molar-refractivity contribution < 1.29 is 10.0 Å². The van der Waals surface area contributed by atoms with Crippen LogP contribution in [0.5, 0.6) is 0 Å². The van der Waals surface area contributed by atoms with Crippen LogP contribution < -0.4 is 0 Å². The van der Waals surface area contributed by atoms with Crippen molar-refractivity contribution in [3.63, 3.8) is 0 Å². The van der Waals surface area contributed by atoms with Gasteiger partial charge in [0.15, 0.2) is 0 Å². The summed E-state index contributed by atoms with van der Waals surface area (Å²) >= 11 is 0. The van der Waals surface area contributed by atoms with E-state index in [2.05, 4.69) is 6.08 Å². The van der Waals surface area contributed by atoms with Gasteiger partial charge in [-0.15, -0.1) is 0 Å². The van der Waals surface area contributed by atoms with Crippen molar-refractivity contribution in [1.82, 2.24) is 0 Å². The Morgan fingerprint density at radius 2 is 2.25 bits per heavy atom. The van der Waals surface area contributed by atoms with Crippen LogP contribution in [0.4, 0.5) is 0 Å². The van der Waals surface area contributed by atoms with E-state index in [1.807, 2.05) is 24.3 Å². The number of hydrogen-bond acceptors (Lipinski definition) is 2. The van der Waals surface area contributed by atoms with Crippen LogP contribution in [0.1, 0.15) is 6.42 Å². The molecule has 3 heteroatoms. The Hall–Kier alpha value is -1.15. The lowest BCUT2D eigenvalue weighted by molar-refractivity contribution is 0.418. The van der Waals surface area contributed by atoms with Crippen molar-refractivity contribution in [2.24, 2.45) is 0 Å². The minimum atomic E-state index is -1.32. The molecule has 2 aliphatic carbocycles. The summed E-state index contributed by atoms with van der Waals surface area (Å²) in [7, 11) is -1.32. The average molecular weight is 159 g/mol. The molecule has 0 unspecified atom stereocenters. The zero-order valence-corrected chi connectivity index (χ0v) is 6.49. The Kier molecular flexibility index (Phi) is 1.70. The van der Waals surface area contributed by atoms with Crippen molar-refractivity contribution in [1.29, 1.82) is 0 Å². The van der Waals surface area contributed by atoms with Crippen LogP contribution in [0, 0.1) is 6.08 Å². The Bertz CT molecular complexity index is 321. The normalized spacial score (nSPS) is 19.0. The third kappa shape index (κ3) is 1.14. The van der Waals surface area contributed by atoms with Gasteiger partial charge >= 0.3 is 7.12 Å². The molecule has 0 fully saturated rings. The van der Waals surface area contributed by atoms with Crippen LogP contribution >= 0.6 is 0 Å². The maximum absolute atomic E-state index is 8.90. The van der Waals surface area contributed by atoms with Gasteiger partial charge in [0.2, 0.25) is 0 Å². The van der Waals surface area contributed by atoms with Gasteiger partial charge in [0.25, 0.3) is 0 Å². The molecule has 0 heterocycles. The summed E-state index contributed by atoms with van der Waals surface area (Å²) in [5.74, 6) is 0. The fourth-order valence-electron chi connectivity index (χ4n) is 1.41. The van der Waals surface area contributed by atoms with Gasteiger partial charge in [-0.1, -0.05) is 0 Å². The lowest BCUT2D eigenvalue weighted by Gasteiger charge is -1.95. The molecule has 0 aromatic heterocycles. The maximum atomic E-state index is 8.90. The van der Waals surface area contributed by atoms with Gasteiger partial charge in [-0.2, -0.15) is 0 Å². The predicted molar refractivity (Wildman–Crippen MR) is 46.9 cm³/mol. The molecule has 2 N–H and O–H groups in total. The molecule has 0 atom stereocenters. The molecule has 0 aromatic rings. The van der Waals surface area contributed by atoms with E-state index in [0.717, 1.165) is 11.1 Å². The molecule has 12 heavy (non-hydrogen) atoms. The van der Waals surface area contributed by atoms with Gasteiger partial charge in [-0.05, 0) is 11.5 Å². The lowest BCUT2D eigenvalue weighted by Crippen LogP contribution is -2.14. The number of rotatable bonds is 1. The smallest absolute Gasteiger partial charge is 0.423 e. The van der Waals surface area contributed by atoms with Crippen molar-refractivity contribution in [3.8, 4) is 0 Å². The van der Waals surface area contributed by atoms with E-state index >= 15 is 0 Å². The van der Waals surface area contributed by atoms with Crippen molar-refractivity contribution in [3.05, 3.63) is 47.0 Å². The second kappa shape index (κ2) is 2.72. The summed E-state index contributed by atoms with van der Waals surface area (Å²) in [4.78, 5) is 0. The van der Waals surface area contributed by atoms with E-state index in [1.54, 1.807) is 0 Å². The zero-order chi connectivity index (χ0) is 8.55. The van der Waals surface area contributed by atoms with Crippen molar-refractivity contribution >= 4 is 7.12 Å². The summed E-state index contributed by atoms with van der Waals surface area (Å²) in [5.41, 5.74) is 2.84. The van der Waals surface area contributed by atoms with E-state index in [4.69, 9.17) is 10.0 Å². The van der Waals surface area contributed by atoms with Crippen LogP contribution in [0.2, 0.25) is 0 Å². The van der Waals surface area contributed by atoms with Crippen LogP contribution in [0.15, 0.2) is 40.9 Å². The number of hydrogen-bond donors (Lipinski definition) is 2. The molecule has 2 aliphatic rings. The van der Waals surface area contributed by atoms with Crippen LogP contribution in [0.25, 0.3) is 0 Å². The minimum absolute atomic E-state index is 0.629. The largest absolute Gasteiger partial charge is 0.485 e. The summed E-state index contributed by atoms with van der Waals surface area (Å²) in [6, 6.07) is 0. The highest BCUT2D eigenvalue weighted by molar-refractivity contribution is 6.51. The average Bonchev–Trinajstić information content (AvgIpc) is 2.46. The van der Waals surface area contributed by atoms with E-state index in [9.17, 15) is 0 Å². The molecule has 0 spiro atoms. The van der Waals surface area contributed by atoms with E-state index in [-0.39, 0.29) is 0 Å². The van der Waals surface area contributed by atoms with Crippen LogP contribution in [0.3, 0.4) is 0 Å². The minimum Gasteiger partial charge on any atom is -0.423 e. The second-order valence-electron chi connectivity index (χ2n) is 2.89. The monoisotopic (exact) mass is 159 g/mol. The summed E-state index contributed by atoms with van der Waals surface area (Å²) in [6.45, 7) is 0. The Balaban J connectivity index is 2.26. The Morgan fingerprint density at radius 1 is 1.42 bits per heavy atom. The molecule has 0 amide bonds. The predicted octanol–water partition coefficient (Wildman–Crippen LogP) is 0.554. The Labute approximate surface area is 71.4 Å². The third-order valence-electron chi connectivity index (χ3n) is 2.05. The summed E-state index contributed by atoms with van der Waals surface area (Å²) < 4.78 is 0. The molecule has 0 saturated heterocycles. The highest BCUT2D eigenvalue weighted by Gasteiger charge is 2.27. The first-order valence-corrected chi connectivity index (χ1v) is 3.83. The van der Waals surface area contributed by atoms with Gasteiger partial charge in [-0.3, -0.25) is 0 Å². The molecule has 2 nitrogen and oxygen atoms in total. The second-order valence-corrected chi connectivity index (χ2v) is 2.89. The zero-order valence-electron chi connectivity index (χ0n) is 6.49. The molecule has 2 rings (SSSR count). The fraction of sp³-hybridized carbons (Fsp3) is 0.111. The maximum Gasteiger partial charge on any atom is 0.485 e. The highest BCUT2D eigenvalue weighted by atomic mass is 16.4. The van der Waals surface area contributed by atoms with E-state index < -0.39 is 7.12 Å². The first kappa shape index (κ1) is 7.50. The molecule has 0 radical (unpaired) electrons. The van der Waals surface area contributed by atoms with Gasteiger partial charge < -0.3 is 10.0 Å². The summed E-state index contributed by atoms with van der Waals surface area (Å²) in [6.07, 6.45) is 11.0. The highest BCUT2D eigenvalue weighted by Crippen LogP contribution is 2.29. The topological polar surface area (TPSA) is 40.5 Å². The first-order chi connectivity index (χ1) is 5.77. The van der Waals surface area contributed by atoms with Crippen LogP contribution in [-0.4, -0.2) is 17.2 Å². The Morgan fingerprint density at radius 3 is 2.92 bits per heavy atom. The van der Waals surface area contributed by atoms with Gasteiger partial charge in [0.05, 0.1) is 17.2 Å². The molecule has 58 valence electrons. The van der Waals surface area contributed by atoms with Crippen LogP contribution in [-0.2, 0) is 0 Å². The summed E-state index contributed by atoms with van der Waals surface area (Å²) in [5, 5.41) is 17.8. The standard InChI is InChI=1S/C9H8BO2/c11-10(12)9-5-7-3-1-2-4-8(7)6-9/h1,3-5,11-12H,6H2/q+1. The first-order valence-electron chi connectivity index (χ1n) is 3.83. The molecular weight excluding hydrogens is 151 g/mol. The molecule has 0 saturated carbocycles. The third-order valence-corrected chi connectivity index (χ3v) is 2.05. The SMILES string of the molecule is OB(O)C1=CC2=C(C=[C+]C=C2)C1. The molecular formula is C9H8BO2+. The number of allylic oxidation sites excluding steroid dienone is 8. The van der Waals surface area contributed by atoms with E-state index in [1.165, 1.54) is 0 Å². The van der Waals surface area contributed by atoms with Gasteiger partial charge in [0.1, 0.15) is 12.2 Å². The molecule has 0 bridgehead atoms. The van der Waals surface area contributed by atoms with E-state index in [0.29, 0.717) is 11.9 Å². The lowest BCUT2D eigenvalue weighted by atomic mass is 9.78. The van der Waals surface area contributed by atoms with Gasteiger partial charge in [0, 0.05) is 12.5 Å². The van der Waals surface area contributed by atoms with Gasteiger partial charge in [-0.25, -0.2) is 0 Å². The molecule has 0 aromatic carbocycles. The van der Waals surface area contributed by atoms with Crippen molar-refractivity contribution in [2.45, 2.75) is 6.42 Å². The van der Waals surface area contributed by atoms with Crippen molar-refractivity contribution in [2.75, 3.05) is 0 Å². The quantitative estimate of drug-likeness (QED) is 0.433.